The first-order valence-electron chi connectivity index (χ1n) is 7.30. The molecule has 1 unspecified atom stereocenters. The summed E-state index contributed by atoms with van der Waals surface area (Å²) in [6, 6.07) is 18.8. The van der Waals surface area contributed by atoms with Crippen LogP contribution < -0.4 is 11.1 Å². The van der Waals surface area contributed by atoms with Gasteiger partial charge in [-0.3, -0.25) is 4.79 Å². The molecule has 2 aromatic carbocycles. The molecule has 3 rings (SSSR count). The number of rotatable bonds is 5. The van der Waals surface area contributed by atoms with E-state index in [4.69, 9.17) is 5.73 Å². The van der Waals surface area contributed by atoms with Gasteiger partial charge in [0.1, 0.15) is 0 Å². The third kappa shape index (κ3) is 3.61. The largest absolute Gasteiger partial charge is 0.349 e. The van der Waals surface area contributed by atoms with Crippen molar-refractivity contribution in [2.45, 2.75) is 6.04 Å². The molecule has 23 heavy (non-hydrogen) atoms. The first-order chi connectivity index (χ1) is 11.2. The van der Waals surface area contributed by atoms with Crippen LogP contribution in [-0.2, 0) is 0 Å². The van der Waals surface area contributed by atoms with Gasteiger partial charge >= 0.3 is 0 Å². The maximum atomic E-state index is 12.1. The molecule has 3 aromatic rings. The second-order valence-electron chi connectivity index (χ2n) is 5.08. The van der Waals surface area contributed by atoms with E-state index in [1.165, 1.54) is 11.0 Å². The van der Waals surface area contributed by atoms with Crippen molar-refractivity contribution in [2.24, 2.45) is 5.73 Å². The van der Waals surface area contributed by atoms with Crippen molar-refractivity contribution in [3.05, 3.63) is 78.1 Å². The quantitative estimate of drug-likeness (QED) is 0.751. The van der Waals surface area contributed by atoms with Crippen molar-refractivity contribution in [1.82, 2.24) is 20.3 Å². The molecular formula is C17H17N5O. The van der Waals surface area contributed by atoms with Gasteiger partial charge in [-0.1, -0.05) is 48.5 Å². The van der Waals surface area contributed by atoms with Crippen LogP contribution in [-0.4, -0.2) is 27.4 Å². The van der Waals surface area contributed by atoms with E-state index in [1.54, 1.807) is 0 Å². The second-order valence-corrected chi connectivity index (χ2v) is 5.08. The van der Waals surface area contributed by atoms with E-state index in [-0.39, 0.29) is 17.6 Å². The molecule has 0 saturated heterocycles. The number of para-hydroxylation sites is 1. The summed E-state index contributed by atoms with van der Waals surface area (Å²) in [5.41, 5.74) is 8.09. The molecule has 1 aromatic heterocycles. The summed E-state index contributed by atoms with van der Waals surface area (Å²) >= 11 is 0. The molecule has 1 heterocycles. The molecule has 0 aliphatic carbocycles. The molecule has 0 spiro atoms. The lowest BCUT2D eigenvalue weighted by Gasteiger charge is -2.12. The third-order valence-corrected chi connectivity index (χ3v) is 3.42. The van der Waals surface area contributed by atoms with Crippen LogP contribution in [0.5, 0.6) is 0 Å². The van der Waals surface area contributed by atoms with Crippen molar-refractivity contribution in [1.29, 1.82) is 0 Å². The van der Waals surface area contributed by atoms with E-state index >= 15 is 0 Å². The van der Waals surface area contributed by atoms with Gasteiger partial charge in [-0.25, -0.2) is 0 Å². The predicted octanol–water partition coefficient (Wildman–Crippen LogP) is 1.70. The van der Waals surface area contributed by atoms with Gasteiger partial charge < -0.3 is 11.1 Å². The van der Waals surface area contributed by atoms with Crippen LogP contribution >= 0.6 is 0 Å². The molecule has 0 bridgehead atoms. The lowest BCUT2D eigenvalue weighted by Crippen LogP contribution is -2.32. The summed E-state index contributed by atoms with van der Waals surface area (Å²) in [4.78, 5) is 13.6. The SMILES string of the molecule is NC(CNC(=O)c1cnn(-c2ccccc2)n1)c1ccccc1. The highest BCUT2D eigenvalue weighted by molar-refractivity contribution is 5.91. The van der Waals surface area contributed by atoms with Crippen LogP contribution in [0.25, 0.3) is 5.69 Å². The average Bonchev–Trinajstić information content (AvgIpc) is 3.11. The van der Waals surface area contributed by atoms with Crippen molar-refractivity contribution in [2.75, 3.05) is 6.54 Å². The molecule has 116 valence electrons. The summed E-state index contributed by atoms with van der Waals surface area (Å²) < 4.78 is 0. The molecule has 0 fully saturated rings. The summed E-state index contributed by atoms with van der Waals surface area (Å²) in [7, 11) is 0. The number of aromatic nitrogens is 3. The summed E-state index contributed by atoms with van der Waals surface area (Å²) in [6.45, 7) is 0.334. The third-order valence-electron chi connectivity index (χ3n) is 3.42. The monoisotopic (exact) mass is 307 g/mol. The topological polar surface area (TPSA) is 85.8 Å². The standard InChI is InChI=1S/C17H17N5O/c18-15(13-7-3-1-4-8-13)11-19-17(23)16-12-20-22(21-16)14-9-5-2-6-10-14/h1-10,12,15H,11,18H2,(H,19,23). The summed E-state index contributed by atoms with van der Waals surface area (Å²) in [5.74, 6) is -0.293. The number of amides is 1. The molecule has 1 amide bonds. The highest BCUT2D eigenvalue weighted by Gasteiger charge is 2.13. The van der Waals surface area contributed by atoms with E-state index in [1.807, 2.05) is 60.7 Å². The highest BCUT2D eigenvalue weighted by Crippen LogP contribution is 2.08. The first-order valence-corrected chi connectivity index (χ1v) is 7.30. The average molecular weight is 307 g/mol. The van der Waals surface area contributed by atoms with Gasteiger partial charge in [0, 0.05) is 12.6 Å². The van der Waals surface area contributed by atoms with E-state index < -0.39 is 0 Å². The van der Waals surface area contributed by atoms with E-state index in [0.717, 1.165) is 11.3 Å². The highest BCUT2D eigenvalue weighted by atomic mass is 16.2. The minimum Gasteiger partial charge on any atom is -0.349 e. The molecule has 0 aliphatic rings. The Morgan fingerprint density at radius 1 is 1.09 bits per heavy atom. The number of nitrogens with zero attached hydrogens (tertiary/aromatic N) is 3. The summed E-state index contributed by atoms with van der Waals surface area (Å²) in [6.07, 6.45) is 1.44. The Hall–Kier alpha value is -2.99. The minimum absolute atomic E-state index is 0.258. The zero-order valence-electron chi connectivity index (χ0n) is 12.5. The molecule has 1 atom stereocenters. The maximum absolute atomic E-state index is 12.1. The zero-order chi connectivity index (χ0) is 16.1. The number of nitrogens with two attached hydrogens (primary N) is 1. The summed E-state index contributed by atoms with van der Waals surface area (Å²) in [5, 5.41) is 11.1. The van der Waals surface area contributed by atoms with Crippen molar-refractivity contribution >= 4 is 5.91 Å². The first kappa shape index (κ1) is 14.9. The number of benzene rings is 2. The molecule has 3 N–H and O–H groups in total. The smallest absolute Gasteiger partial charge is 0.273 e. The van der Waals surface area contributed by atoms with Crippen LogP contribution in [0.2, 0.25) is 0 Å². The van der Waals surface area contributed by atoms with Gasteiger partial charge in [0.05, 0.1) is 11.9 Å². The fourth-order valence-electron chi connectivity index (χ4n) is 2.16. The Kier molecular flexibility index (Phi) is 4.44. The van der Waals surface area contributed by atoms with Gasteiger partial charge in [-0.2, -0.15) is 9.90 Å². The van der Waals surface area contributed by atoms with Crippen molar-refractivity contribution in [3.63, 3.8) is 0 Å². The fourth-order valence-corrected chi connectivity index (χ4v) is 2.16. The van der Waals surface area contributed by atoms with Gasteiger partial charge in [-0.15, -0.1) is 5.10 Å². The van der Waals surface area contributed by atoms with Crippen LogP contribution in [0, 0.1) is 0 Å². The number of hydrogen-bond donors (Lipinski definition) is 2. The number of hydrogen-bond acceptors (Lipinski definition) is 4. The Morgan fingerprint density at radius 2 is 1.74 bits per heavy atom. The maximum Gasteiger partial charge on any atom is 0.273 e. The lowest BCUT2D eigenvalue weighted by molar-refractivity contribution is 0.0946. The fraction of sp³-hybridized carbons (Fsp3) is 0.118. The van der Waals surface area contributed by atoms with Crippen molar-refractivity contribution < 1.29 is 4.79 Å². The molecule has 6 nitrogen and oxygen atoms in total. The van der Waals surface area contributed by atoms with Crippen LogP contribution in [0.15, 0.2) is 66.9 Å². The molecule has 0 aliphatic heterocycles. The van der Waals surface area contributed by atoms with Crippen molar-refractivity contribution in [3.8, 4) is 5.69 Å². The van der Waals surface area contributed by atoms with E-state index in [2.05, 4.69) is 15.5 Å². The molecule has 6 heteroatoms. The Balaban J connectivity index is 1.62. The normalized spacial score (nSPS) is 11.9. The van der Waals surface area contributed by atoms with E-state index in [0.29, 0.717) is 6.54 Å². The zero-order valence-corrected chi connectivity index (χ0v) is 12.5. The predicted molar refractivity (Wildman–Crippen MR) is 87.1 cm³/mol. The molecule has 0 radical (unpaired) electrons. The van der Waals surface area contributed by atoms with Crippen LogP contribution in [0.3, 0.4) is 0 Å². The second kappa shape index (κ2) is 6.85. The van der Waals surface area contributed by atoms with Crippen LogP contribution in [0.1, 0.15) is 22.1 Å². The Labute approximate surface area is 133 Å². The minimum atomic E-state index is -0.293. The number of carbonyl (C=O) groups excluding carboxylic acids is 1. The Bertz CT molecular complexity index is 770. The van der Waals surface area contributed by atoms with Gasteiger partial charge in [0.15, 0.2) is 5.69 Å². The Morgan fingerprint density at radius 3 is 2.43 bits per heavy atom. The van der Waals surface area contributed by atoms with Gasteiger partial charge in [0.2, 0.25) is 0 Å². The number of nitrogens with one attached hydrogen (secondary N) is 1. The van der Waals surface area contributed by atoms with Gasteiger partial charge in [-0.05, 0) is 17.7 Å². The number of carbonyl (C=O) groups is 1. The van der Waals surface area contributed by atoms with E-state index in [9.17, 15) is 4.79 Å². The lowest BCUT2D eigenvalue weighted by atomic mass is 10.1. The van der Waals surface area contributed by atoms with Gasteiger partial charge in [0.25, 0.3) is 5.91 Å². The van der Waals surface area contributed by atoms with Crippen LogP contribution in [0.4, 0.5) is 0 Å². The molecule has 0 saturated carbocycles. The molecular weight excluding hydrogens is 290 g/mol.